The molecule has 0 aliphatic heterocycles. The van der Waals surface area contributed by atoms with Crippen molar-refractivity contribution in [1.82, 2.24) is 0 Å². The molecule has 2 aromatic rings. The van der Waals surface area contributed by atoms with E-state index in [0.29, 0.717) is 35.8 Å². The fraction of sp³-hybridized carbons (Fsp3) is 0.263. The molecule has 2 atom stereocenters. The molecule has 1 amide bonds. The molecule has 2 aromatic carbocycles. The highest BCUT2D eigenvalue weighted by molar-refractivity contribution is 5.96. The third-order valence-electron chi connectivity index (χ3n) is 4.35. The number of para-hydroxylation sites is 2. The van der Waals surface area contributed by atoms with Gasteiger partial charge >= 0.3 is 5.97 Å². The van der Waals surface area contributed by atoms with E-state index >= 15 is 0 Å². The predicted molar refractivity (Wildman–Crippen MR) is 92.0 cm³/mol. The third-order valence-corrected chi connectivity index (χ3v) is 4.35. The van der Waals surface area contributed by atoms with Gasteiger partial charge in [-0.15, -0.1) is 0 Å². The minimum atomic E-state index is -0.910. The van der Waals surface area contributed by atoms with Crippen LogP contribution in [-0.4, -0.2) is 24.1 Å². The second-order valence-electron chi connectivity index (χ2n) is 5.90. The molecule has 2 unspecified atom stereocenters. The Hall–Kier alpha value is -3.02. The molecule has 1 aliphatic rings. The van der Waals surface area contributed by atoms with E-state index in [0.717, 1.165) is 0 Å². The number of carboxylic acid groups (broad SMARTS) is 1. The van der Waals surface area contributed by atoms with Crippen LogP contribution >= 0.6 is 0 Å². The van der Waals surface area contributed by atoms with Crippen molar-refractivity contribution >= 4 is 17.6 Å². The maximum absolute atomic E-state index is 12.1. The Kier molecular flexibility index (Phi) is 4.88. The lowest BCUT2D eigenvalue weighted by Crippen LogP contribution is -2.41. The molecule has 0 spiro atoms. The highest BCUT2D eigenvalue weighted by atomic mass is 16.5. The van der Waals surface area contributed by atoms with Crippen molar-refractivity contribution in [3.05, 3.63) is 48.5 Å². The number of anilines is 1. The van der Waals surface area contributed by atoms with Crippen LogP contribution in [0.15, 0.2) is 48.5 Å². The second-order valence-corrected chi connectivity index (χ2v) is 5.90. The topological polar surface area (TPSA) is 84.9 Å². The first-order valence-electron chi connectivity index (χ1n) is 8.03. The zero-order chi connectivity index (χ0) is 17.8. The summed E-state index contributed by atoms with van der Waals surface area (Å²) in [5.41, 5.74) is 0.605. The van der Waals surface area contributed by atoms with Gasteiger partial charge in [-0.3, -0.25) is 9.59 Å². The first-order chi connectivity index (χ1) is 12.1. The van der Waals surface area contributed by atoms with E-state index in [1.54, 1.807) is 43.5 Å². The van der Waals surface area contributed by atoms with Gasteiger partial charge in [-0.25, -0.2) is 0 Å². The number of amides is 1. The summed E-state index contributed by atoms with van der Waals surface area (Å²) in [4.78, 5) is 23.2. The van der Waals surface area contributed by atoms with Crippen LogP contribution in [0.5, 0.6) is 17.2 Å². The van der Waals surface area contributed by atoms with Crippen molar-refractivity contribution in [2.45, 2.75) is 12.8 Å². The number of ether oxygens (including phenoxy) is 2. The van der Waals surface area contributed by atoms with Crippen molar-refractivity contribution < 1.29 is 24.2 Å². The Morgan fingerprint density at radius 1 is 1.00 bits per heavy atom. The van der Waals surface area contributed by atoms with E-state index in [1.165, 1.54) is 0 Å². The molecule has 6 nitrogen and oxygen atoms in total. The fourth-order valence-corrected chi connectivity index (χ4v) is 2.78. The number of rotatable bonds is 6. The van der Waals surface area contributed by atoms with Gasteiger partial charge in [-0.05, 0) is 49.2 Å². The van der Waals surface area contributed by atoms with Crippen molar-refractivity contribution in [3.63, 3.8) is 0 Å². The molecule has 0 aromatic heterocycles. The summed E-state index contributed by atoms with van der Waals surface area (Å²) in [6, 6.07) is 14.2. The summed E-state index contributed by atoms with van der Waals surface area (Å²) in [6.07, 6.45) is 1.16. The van der Waals surface area contributed by atoms with Crippen LogP contribution in [-0.2, 0) is 9.59 Å². The summed E-state index contributed by atoms with van der Waals surface area (Å²) in [6.45, 7) is 0. The number of hydrogen-bond acceptors (Lipinski definition) is 4. The van der Waals surface area contributed by atoms with Crippen molar-refractivity contribution in [2.75, 3.05) is 12.4 Å². The van der Waals surface area contributed by atoms with Gasteiger partial charge in [0.05, 0.1) is 18.9 Å². The quantitative estimate of drug-likeness (QED) is 0.839. The van der Waals surface area contributed by atoms with Gasteiger partial charge in [-0.2, -0.15) is 0 Å². The van der Waals surface area contributed by atoms with Gasteiger partial charge in [0.2, 0.25) is 5.91 Å². The zero-order valence-electron chi connectivity index (χ0n) is 13.8. The van der Waals surface area contributed by atoms with E-state index in [1.807, 2.05) is 12.1 Å². The van der Waals surface area contributed by atoms with Crippen molar-refractivity contribution in [2.24, 2.45) is 11.8 Å². The Bertz CT molecular complexity index is 772. The Morgan fingerprint density at radius 2 is 1.64 bits per heavy atom. The number of carbonyl (C=O) groups is 2. The second kappa shape index (κ2) is 7.25. The average Bonchev–Trinajstić information content (AvgIpc) is 2.55. The number of hydrogen-bond donors (Lipinski definition) is 2. The number of benzene rings is 2. The third kappa shape index (κ3) is 3.74. The summed E-state index contributed by atoms with van der Waals surface area (Å²) in [5.74, 6) is -0.362. The number of methoxy groups -OCH3 is 1. The van der Waals surface area contributed by atoms with E-state index < -0.39 is 17.8 Å². The Morgan fingerprint density at radius 3 is 2.20 bits per heavy atom. The highest BCUT2D eigenvalue weighted by Crippen LogP contribution is 2.35. The monoisotopic (exact) mass is 341 g/mol. The molecule has 1 saturated carbocycles. The molecule has 0 radical (unpaired) electrons. The number of nitrogens with one attached hydrogen (secondary N) is 1. The first-order valence-corrected chi connectivity index (χ1v) is 8.03. The molecular weight excluding hydrogens is 322 g/mol. The van der Waals surface area contributed by atoms with Crippen molar-refractivity contribution in [3.8, 4) is 17.2 Å². The van der Waals surface area contributed by atoms with E-state index in [2.05, 4.69) is 5.32 Å². The van der Waals surface area contributed by atoms with E-state index in [-0.39, 0.29) is 5.91 Å². The van der Waals surface area contributed by atoms with Gasteiger partial charge in [0, 0.05) is 5.69 Å². The summed E-state index contributed by atoms with van der Waals surface area (Å²) in [7, 11) is 1.58. The molecule has 6 heteroatoms. The van der Waals surface area contributed by atoms with Crippen molar-refractivity contribution in [1.29, 1.82) is 0 Å². The minimum absolute atomic E-state index is 0.253. The molecule has 1 fully saturated rings. The van der Waals surface area contributed by atoms with Gasteiger partial charge < -0.3 is 19.9 Å². The minimum Gasteiger partial charge on any atom is -0.493 e. The molecule has 130 valence electrons. The van der Waals surface area contributed by atoms with Crippen LogP contribution in [0.3, 0.4) is 0 Å². The molecule has 0 heterocycles. The Labute approximate surface area is 145 Å². The normalized spacial score (nSPS) is 18.8. The molecular formula is C19H19NO5. The van der Waals surface area contributed by atoms with Crippen LogP contribution in [0.2, 0.25) is 0 Å². The number of aliphatic carboxylic acids is 1. The molecule has 0 bridgehead atoms. The molecule has 25 heavy (non-hydrogen) atoms. The lowest BCUT2D eigenvalue weighted by molar-refractivity contribution is -0.151. The smallest absolute Gasteiger partial charge is 0.307 e. The SMILES string of the molecule is COc1ccccc1Oc1ccc(NC(=O)C2CCC2C(=O)O)cc1. The fourth-order valence-electron chi connectivity index (χ4n) is 2.78. The standard InChI is InChI=1S/C19H19NO5/c1-24-16-4-2-3-5-17(16)25-13-8-6-12(7-9-13)20-18(21)14-10-11-15(14)19(22)23/h2-9,14-15H,10-11H2,1H3,(H,20,21)(H,22,23). The molecule has 1 aliphatic carbocycles. The lowest BCUT2D eigenvalue weighted by atomic mass is 9.73. The largest absolute Gasteiger partial charge is 0.493 e. The van der Waals surface area contributed by atoms with Crippen LogP contribution in [0.4, 0.5) is 5.69 Å². The van der Waals surface area contributed by atoms with Crippen LogP contribution in [0, 0.1) is 11.8 Å². The van der Waals surface area contributed by atoms with Crippen LogP contribution < -0.4 is 14.8 Å². The van der Waals surface area contributed by atoms with Gasteiger partial charge in [0.15, 0.2) is 11.5 Å². The lowest BCUT2D eigenvalue weighted by Gasteiger charge is -2.31. The number of carboxylic acids is 1. The van der Waals surface area contributed by atoms with Crippen LogP contribution in [0.1, 0.15) is 12.8 Å². The average molecular weight is 341 g/mol. The summed E-state index contributed by atoms with van der Waals surface area (Å²) >= 11 is 0. The van der Waals surface area contributed by atoms with E-state index in [4.69, 9.17) is 14.6 Å². The zero-order valence-corrected chi connectivity index (χ0v) is 13.8. The van der Waals surface area contributed by atoms with Gasteiger partial charge in [0.1, 0.15) is 5.75 Å². The first kappa shape index (κ1) is 16.8. The molecule has 3 rings (SSSR count). The Balaban J connectivity index is 1.62. The molecule has 2 N–H and O–H groups in total. The van der Waals surface area contributed by atoms with Gasteiger partial charge in [-0.1, -0.05) is 12.1 Å². The highest BCUT2D eigenvalue weighted by Gasteiger charge is 2.41. The molecule has 0 saturated heterocycles. The summed E-state index contributed by atoms with van der Waals surface area (Å²) < 4.78 is 11.0. The maximum atomic E-state index is 12.1. The number of carbonyl (C=O) groups excluding carboxylic acids is 1. The maximum Gasteiger partial charge on any atom is 0.307 e. The van der Waals surface area contributed by atoms with Crippen LogP contribution in [0.25, 0.3) is 0 Å². The predicted octanol–water partition coefficient (Wildman–Crippen LogP) is 3.54. The van der Waals surface area contributed by atoms with Gasteiger partial charge in [0.25, 0.3) is 0 Å². The summed E-state index contributed by atoms with van der Waals surface area (Å²) in [5, 5.41) is 11.8. The van der Waals surface area contributed by atoms with E-state index in [9.17, 15) is 9.59 Å².